The zero-order valence-electron chi connectivity index (χ0n) is 11.8. The zero-order chi connectivity index (χ0) is 15.7. The number of nitrogens with one attached hydrogen (secondary N) is 1. The number of aromatic nitrogens is 2. The van der Waals surface area contributed by atoms with E-state index in [9.17, 15) is 8.78 Å². The number of nitrogens with two attached hydrogens (primary N) is 1. The third-order valence-corrected chi connectivity index (χ3v) is 3.43. The third kappa shape index (κ3) is 2.82. The first kappa shape index (κ1) is 15.2. The van der Waals surface area contributed by atoms with E-state index in [0.29, 0.717) is 22.4 Å². The largest absolute Gasteiger partial charge is 0.389 e. The molecule has 1 aromatic carbocycles. The monoisotopic (exact) mass is 308 g/mol. The van der Waals surface area contributed by atoms with Gasteiger partial charge in [-0.1, -0.05) is 18.3 Å². The number of halogens is 2. The lowest BCUT2D eigenvalue weighted by molar-refractivity contribution is 0.584. The summed E-state index contributed by atoms with van der Waals surface area (Å²) in [6.07, 6.45) is 0. The van der Waals surface area contributed by atoms with Crippen LogP contribution in [0.4, 0.5) is 20.3 Å². The van der Waals surface area contributed by atoms with Gasteiger partial charge in [-0.15, -0.1) is 5.10 Å². The Hall–Kier alpha value is -2.15. The van der Waals surface area contributed by atoms with Gasteiger partial charge in [0.15, 0.2) is 11.6 Å². The molecule has 110 valence electrons. The predicted molar refractivity (Wildman–Crippen MR) is 81.8 cm³/mol. The highest BCUT2D eigenvalue weighted by molar-refractivity contribution is 7.80. The minimum Gasteiger partial charge on any atom is -0.389 e. The molecule has 0 spiro atoms. The highest BCUT2D eigenvalue weighted by atomic mass is 32.1. The average Bonchev–Trinajstić information content (AvgIpc) is 2.42. The molecule has 0 bridgehead atoms. The Morgan fingerprint density at radius 3 is 2.48 bits per heavy atom. The summed E-state index contributed by atoms with van der Waals surface area (Å²) in [7, 11) is 0. The van der Waals surface area contributed by atoms with Crippen LogP contribution in [0.5, 0.6) is 0 Å². The molecule has 2 rings (SSSR count). The van der Waals surface area contributed by atoms with Crippen molar-refractivity contribution in [3.05, 3.63) is 46.2 Å². The lowest BCUT2D eigenvalue weighted by Crippen LogP contribution is -2.17. The molecular formula is C14H14F2N4S. The van der Waals surface area contributed by atoms with Crippen LogP contribution in [0.3, 0.4) is 0 Å². The summed E-state index contributed by atoms with van der Waals surface area (Å²) >= 11 is 4.99. The average molecular weight is 308 g/mol. The van der Waals surface area contributed by atoms with E-state index in [4.69, 9.17) is 18.0 Å². The van der Waals surface area contributed by atoms with Crippen molar-refractivity contribution in [1.29, 1.82) is 0 Å². The molecule has 0 aliphatic carbocycles. The van der Waals surface area contributed by atoms with E-state index in [0.717, 1.165) is 0 Å². The van der Waals surface area contributed by atoms with Crippen molar-refractivity contribution in [2.75, 3.05) is 5.32 Å². The highest BCUT2D eigenvalue weighted by Gasteiger charge is 2.18. The molecular weight excluding hydrogens is 294 g/mol. The fourth-order valence-corrected chi connectivity index (χ4v) is 2.14. The van der Waals surface area contributed by atoms with Crippen LogP contribution < -0.4 is 11.1 Å². The number of rotatable bonds is 3. The van der Waals surface area contributed by atoms with E-state index >= 15 is 0 Å². The molecule has 0 amide bonds. The van der Waals surface area contributed by atoms with Crippen molar-refractivity contribution in [3.8, 4) is 0 Å². The van der Waals surface area contributed by atoms with Gasteiger partial charge in [-0.2, -0.15) is 5.10 Å². The molecule has 0 atom stereocenters. The predicted octanol–water partition coefficient (Wildman–Crippen LogP) is 3.06. The van der Waals surface area contributed by atoms with Crippen LogP contribution in [0.1, 0.15) is 22.4 Å². The fourth-order valence-electron chi connectivity index (χ4n) is 1.89. The highest BCUT2D eigenvalue weighted by Crippen LogP contribution is 2.27. The second-order valence-corrected chi connectivity index (χ2v) is 5.12. The summed E-state index contributed by atoms with van der Waals surface area (Å²) in [5, 5.41) is 10.4. The summed E-state index contributed by atoms with van der Waals surface area (Å²) in [5.74, 6) is -1.29. The maximum absolute atomic E-state index is 14.0. The lowest BCUT2D eigenvalue weighted by atomic mass is 10.1. The molecule has 4 nitrogen and oxygen atoms in total. The molecule has 0 radical (unpaired) electrons. The van der Waals surface area contributed by atoms with Gasteiger partial charge in [0.05, 0.1) is 11.3 Å². The molecule has 2 aromatic rings. The number of nitrogens with zero attached hydrogens (tertiary/aromatic N) is 2. The number of hydrogen-bond donors (Lipinski definition) is 2. The summed E-state index contributed by atoms with van der Waals surface area (Å²) in [6.45, 7) is 5.06. The van der Waals surface area contributed by atoms with Gasteiger partial charge in [0.25, 0.3) is 0 Å². The molecule has 0 aliphatic heterocycles. The minimum atomic E-state index is -0.730. The van der Waals surface area contributed by atoms with E-state index in [1.165, 1.54) is 12.1 Å². The van der Waals surface area contributed by atoms with Crippen molar-refractivity contribution in [2.24, 2.45) is 5.73 Å². The Bertz CT molecular complexity index is 731. The molecule has 0 unspecified atom stereocenters. The standard InChI is InChI=1S/C14H14F2N4S/c1-6-4-5-9(15)12(11(6)16)18-14-10(13(17)21)7(2)8(3)19-20-14/h4-5H,1-3H3,(H2,17,21)(H,18,20). The third-order valence-electron chi connectivity index (χ3n) is 3.23. The normalized spacial score (nSPS) is 10.5. The van der Waals surface area contributed by atoms with Crippen LogP contribution >= 0.6 is 12.2 Å². The maximum atomic E-state index is 14.0. The molecule has 7 heteroatoms. The maximum Gasteiger partial charge on any atom is 0.163 e. The Morgan fingerprint density at radius 1 is 1.19 bits per heavy atom. The topological polar surface area (TPSA) is 63.8 Å². The van der Waals surface area contributed by atoms with E-state index in [2.05, 4.69) is 15.5 Å². The quantitative estimate of drug-likeness (QED) is 0.853. The van der Waals surface area contributed by atoms with Gasteiger partial charge in [0.2, 0.25) is 0 Å². The first-order chi connectivity index (χ1) is 9.82. The van der Waals surface area contributed by atoms with E-state index < -0.39 is 11.6 Å². The zero-order valence-corrected chi connectivity index (χ0v) is 12.6. The SMILES string of the molecule is Cc1ccc(F)c(Nc2nnc(C)c(C)c2C(N)=S)c1F. The molecule has 1 aromatic heterocycles. The smallest absolute Gasteiger partial charge is 0.163 e. The van der Waals surface area contributed by atoms with E-state index in [-0.39, 0.29) is 16.5 Å². The van der Waals surface area contributed by atoms with Crippen LogP contribution in [-0.2, 0) is 0 Å². The number of hydrogen-bond acceptors (Lipinski definition) is 4. The Morgan fingerprint density at radius 2 is 1.86 bits per heavy atom. The summed E-state index contributed by atoms with van der Waals surface area (Å²) in [4.78, 5) is 0.0847. The second kappa shape index (κ2) is 5.69. The summed E-state index contributed by atoms with van der Waals surface area (Å²) in [6, 6.07) is 2.53. The van der Waals surface area contributed by atoms with Crippen molar-refractivity contribution >= 4 is 28.7 Å². The molecule has 3 N–H and O–H groups in total. The molecule has 0 saturated carbocycles. The molecule has 0 fully saturated rings. The van der Waals surface area contributed by atoms with Gasteiger partial charge in [0.1, 0.15) is 16.5 Å². The molecule has 0 saturated heterocycles. The fraction of sp³-hybridized carbons (Fsp3) is 0.214. The first-order valence-corrected chi connectivity index (χ1v) is 6.59. The number of aryl methyl sites for hydroxylation is 2. The number of anilines is 2. The molecule has 0 aliphatic rings. The van der Waals surface area contributed by atoms with E-state index in [1.807, 2.05) is 0 Å². The van der Waals surface area contributed by atoms with Crippen molar-refractivity contribution in [1.82, 2.24) is 10.2 Å². The van der Waals surface area contributed by atoms with Gasteiger partial charge in [-0.25, -0.2) is 8.78 Å². The Balaban J connectivity index is 2.58. The van der Waals surface area contributed by atoms with Crippen molar-refractivity contribution < 1.29 is 8.78 Å². The first-order valence-electron chi connectivity index (χ1n) is 6.18. The lowest BCUT2D eigenvalue weighted by Gasteiger charge is -2.14. The minimum absolute atomic E-state index is 0.0847. The van der Waals surface area contributed by atoms with Gasteiger partial charge >= 0.3 is 0 Å². The Kier molecular flexibility index (Phi) is 4.13. The summed E-state index contributed by atoms with van der Waals surface area (Å²) in [5.41, 5.74) is 7.48. The van der Waals surface area contributed by atoms with Gasteiger partial charge in [0, 0.05) is 0 Å². The van der Waals surface area contributed by atoms with Crippen molar-refractivity contribution in [2.45, 2.75) is 20.8 Å². The van der Waals surface area contributed by atoms with Gasteiger partial charge < -0.3 is 11.1 Å². The van der Waals surface area contributed by atoms with Crippen molar-refractivity contribution in [3.63, 3.8) is 0 Å². The number of benzene rings is 1. The summed E-state index contributed by atoms with van der Waals surface area (Å²) < 4.78 is 27.9. The van der Waals surface area contributed by atoms with Gasteiger partial charge in [-0.3, -0.25) is 0 Å². The van der Waals surface area contributed by atoms with Crippen LogP contribution in [0.25, 0.3) is 0 Å². The molecule has 1 heterocycles. The van der Waals surface area contributed by atoms with Crippen LogP contribution in [0.2, 0.25) is 0 Å². The Labute approximate surface area is 126 Å². The van der Waals surface area contributed by atoms with Crippen LogP contribution in [0.15, 0.2) is 12.1 Å². The van der Waals surface area contributed by atoms with E-state index in [1.54, 1.807) is 20.8 Å². The van der Waals surface area contributed by atoms with Gasteiger partial charge in [-0.05, 0) is 38.0 Å². The van der Waals surface area contributed by atoms with Crippen LogP contribution in [0, 0.1) is 32.4 Å². The molecule has 21 heavy (non-hydrogen) atoms. The number of thiocarbonyl (C=S) groups is 1. The second-order valence-electron chi connectivity index (χ2n) is 4.68. The van der Waals surface area contributed by atoms with Crippen LogP contribution in [-0.4, -0.2) is 15.2 Å².